The lowest BCUT2D eigenvalue weighted by Gasteiger charge is -2.09. The Bertz CT molecular complexity index is 1090. The van der Waals surface area contributed by atoms with Gasteiger partial charge in [0.05, 0.1) is 6.54 Å². The number of amides is 3. The molecule has 3 N–H and O–H groups in total. The molecule has 0 aliphatic carbocycles. The number of nitrogens with one attached hydrogen (secondary N) is 3. The van der Waals surface area contributed by atoms with Crippen molar-refractivity contribution in [2.75, 3.05) is 19.6 Å². The van der Waals surface area contributed by atoms with Gasteiger partial charge in [-0.25, -0.2) is 4.39 Å². The molecule has 0 bridgehead atoms. The Morgan fingerprint density at radius 2 is 1.42 bits per heavy atom. The summed E-state index contributed by atoms with van der Waals surface area (Å²) < 4.78 is 13.1. The first-order chi connectivity index (χ1) is 16.0. The number of halogens is 1. The molecule has 3 rings (SSSR count). The molecule has 33 heavy (non-hydrogen) atoms. The van der Waals surface area contributed by atoms with Crippen molar-refractivity contribution in [3.05, 3.63) is 95.8 Å². The van der Waals surface area contributed by atoms with Crippen molar-refractivity contribution in [2.45, 2.75) is 12.8 Å². The van der Waals surface area contributed by atoms with E-state index in [9.17, 15) is 18.8 Å². The van der Waals surface area contributed by atoms with E-state index in [4.69, 9.17) is 0 Å². The average molecular weight is 448 g/mol. The quantitative estimate of drug-likeness (QED) is 0.418. The first-order valence-electron chi connectivity index (χ1n) is 10.7. The van der Waals surface area contributed by atoms with Crippen LogP contribution in [0, 0.1) is 5.82 Å². The first-order valence-corrected chi connectivity index (χ1v) is 10.7. The molecule has 0 spiro atoms. The van der Waals surface area contributed by atoms with Crippen LogP contribution in [0.25, 0.3) is 11.1 Å². The van der Waals surface area contributed by atoms with Crippen LogP contribution < -0.4 is 16.0 Å². The molecule has 3 aromatic rings. The maximum atomic E-state index is 13.1. The van der Waals surface area contributed by atoms with Crippen LogP contribution in [0.3, 0.4) is 0 Å². The second-order valence-corrected chi connectivity index (χ2v) is 7.46. The molecule has 0 aromatic heterocycles. The SMILES string of the molecule is O=C(CCc1ccccc1)NCC(=O)NCCNC(=O)c1cccc(-c2ccc(F)cc2)c1. The number of aryl methyl sites for hydroxylation is 1. The molecule has 0 heterocycles. The van der Waals surface area contributed by atoms with Crippen molar-refractivity contribution >= 4 is 17.7 Å². The van der Waals surface area contributed by atoms with Crippen LogP contribution in [-0.4, -0.2) is 37.4 Å². The molecule has 3 aromatic carbocycles. The van der Waals surface area contributed by atoms with Crippen LogP contribution >= 0.6 is 0 Å². The van der Waals surface area contributed by atoms with Gasteiger partial charge in [0.1, 0.15) is 5.82 Å². The van der Waals surface area contributed by atoms with Gasteiger partial charge >= 0.3 is 0 Å². The fraction of sp³-hybridized carbons (Fsp3) is 0.192. The predicted molar refractivity (Wildman–Crippen MR) is 125 cm³/mol. The number of hydrogen-bond donors (Lipinski definition) is 3. The van der Waals surface area contributed by atoms with E-state index >= 15 is 0 Å². The van der Waals surface area contributed by atoms with Gasteiger partial charge < -0.3 is 16.0 Å². The smallest absolute Gasteiger partial charge is 0.251 e. The number of benzene rings is 3. The Hall–Kier alpha value is -4.00. The summed E-state index contributed by atoms with van der Waals surface area (Å²) in [6.45, 7) is 0.372. The Labute approximate surface area is 192 Å². The molecule has 0 radical (unpaired) electrons. The monoisotopic (exact) mass is 447 g/mol. The molecule has 6 nitrogen and oxygen atoms in total. The van der Waals surface area contributed by atoms with Crippen LogP contribution in [0.1, 0.15) is 22.3 Å². The first kappa shape index (κ1) is 23.7. The van der Waals surface area contributed by atoms with Crippen molar-refractivity contribution in [1.82, 2.24) is 16.0 Å². The molecule has 0 unspecified atom stereocenters. The number of carbonyl (C=O) groups excluding carboxylic acids is 3. The summed E-state index contributed by atoms with van der Waals surface area (Å²) >= 11 is 0. The van der Waals surface area contributed by atoms with Gasteiger partial charge in [0, 0.05) is 25.1 Å². The highest BCUT2D eigenvalue weighted by atomic mass is 19.1. The van der Waals surface area contributed by atoms with E-state index in [0.29, 0.717) is 18.4 Å². The van der Waals surface area contributed by atoms with E-state index in [-0.39, 0.29) is 43.2 Å². The van der Waals surface area contributed by atoms with Gasteiger partial charge in [0.15, 0.2) is 0 Å². The minimum atomic E-state index is -0.324. The summed E-state index contributed by atoms with van der Waals surface area (Å²) in [6.07, 6.45) is 0.924. The average Bonchev–Trinajstić information content (AvgIpc) is 2.85. The van der Waals surface area contributed by atoms with Gasteiger partial charge in [0.25, 0.3) is 5.91 Å². The highest BCUT2D eigenvalue weighted by molar-refractivity contribution is 5.95. The summed E-state index contributed by atoms with van der Waals surface area (Å²) in [4.78, 5) is 36.2. The van der Waals surface area contributed by atoms with E-state index in [1.165, 1.54) is 12.1 Å². The molecule has 0 saturated heterocycles. The molecule has 0 atom stereocenters. The third-order valence-electron chi connectivity index (χ3n) is 4.96. The highest BCUT2D eigenvalue weighted by Crippen LogP contribution is 2.20. The lowest BCUT2D eigenvalue weighted by atomic mass is 10.0. The zero-order chi connectivity index (χ0) is 23.5. The third-order valence-corrected chi connectivity index (χ3v) is 4.96. The van der Waals surface area contributed by atoms with Crippen molar-refractivity contribution < 1.29 is 18.8 Å². The van der Waals surface area contributed by atoms with Gasteiger partial charge in [-0.1, -0.05) is 54.6 Å². The predicted octanol–water partition coefficient (Wildman–Crippen LogP) is 3.09. The molecule has 7 heteroatoms. The maximum absolute atomic E-state index is 13.1. The molecule has 3 amide bonds. The van der Waals surface area contributed by atoms with E-state index < -0.39 is 0 Å². The van der Waals surface area contributed by atoms with Gasteiger partial charge in [-0.3, -0.25) is 14.4 Å². The van der Waals surface area contributed by atoms with Crippen LogP contribution in [0.4, 0.5) is 4.39 Å². The minimum Gasteiger partial charge on any atom is -0.353 e. The molecule has 170 valence electrons. The minimum absolute atomic E-state index is 0.110. The van der Waals surface area contributed by atoms with Crippen LogP contribution in [0.15, 0.2) is 78.9 Å². The normalized spacial score (nSPS) is 10.3. The number of hydrogen-bond acceptors (Lipinski definition) is 3. The van der Waals surface area contributed by atoms with Crippen molar-refractivity contribution in [3.8, 4) is 11.1 Å². The Kier molecular flexibility index (Phi) is 8.71. The van der Waals surface area contributed by atoms with E-state index in [1.54, 1.807) is 30.3 Å². The third kappa shape index (κ3) is 7.88. The van der Waals surface area contributed by atoms with Gasteiger partial charge in [-0.05, 0) is 47.4 Å². The molecular formula is C26H26FN3O3. The molecule has 0 aliphatic heterocycles. The number of rotatable bonds is 10. The fourth-order valence-corrected chi connectivity index (χ4v) is 3.19. The summed E-state index contributed by atoms with van der Waals surface area (Å²) in [7, 11) is 0. The van der Waals surface area contributed by atoms with Crippen LogP contribution in [0.2, 0.25) is 0 Å². The van der Waals surface area contributed by atoms with Crippen LogP contribution in [-0.2, 0) is 16.0 Å². The van der Waals surface area contributed by atoms with Gasteiger partial charge in [0.2, 0.25) is 11.8 Å². The Balaban J connectivity index is 1.34. The number of carbonyl (C=O) groups is 3. The topological polar surface area (TPSA) is 87.3 Å². The lowest BCUT2D eigenvalue weighted by Crippen LogP contribution is -2.40. The molecule has 0 saturated carbocycles. The van der Waals surface area contributed by atoms with E-state index in [2.05, 4.69) is 16.0 Å². The second kappa shape index (κ2) is 12.1. The Morgan fingerprint density at radius 1 is 0.697 bits per heavy atom. The zero-order valence-corrected chi connectivity index (χ0v) is 18.1. The zero-order valence-electron chi connectivity index (χ0n) is 18.1. The van der Waals surface area contributed by atoms with E-state index in [0.717, 1.165) is 16.7 Å². The largest absolute Gasteiger partial charge is 0.353 e. The van der Waals surface area contributed by atoms with E-state index in [1.807, 2.05) is 36.4 Å². The van der Waals surface area contributed by atoms with Crippen molar-refractivity contribution in [3.63, 3.8) is 0 Å². The second-order valence-electron chi connectivity index (χ2n) is 7.46. The summed E-state index contributed by atoms with van der Waals surface area (Å²) in [6, 6.07) is 22.7. The standard InChI is InChI=1S/C26H26FN3O3/c27-23-12-10-20(11-13-23)21-7-4-8-22(17-21)26(33)29-16-15-28-25(32)18-30-24(31)14-9-19-5-2-1-3-6-19/h1-8,10-13,17H,9,14-16,18H2,(H,28,32)(H,29,33)(H,30,31). The van der Waals surface area contributed by atoms with Gasteiger partial charge in [-0.15, -0.1) is 0 Å². The molecule has 0 aliphatic rings. The van der Waals surface area contributed by atoms with Crippen molar-refractivity contribution in [1.29, 1.82) is 0 Å². The maximum Gasteiger partial charge on any atom is 0.251 e. The highest BCUT2D eigenvalue weighted by Gasteiger charge is 2.08. The van der Waals surface area contributed by atoms with Crippen molar-refractivity contribution in [2.24, 2.45) is 0 Å². The fourth-order valence-electron chi connectivity index (χ4n) is 3.19. The molecule has 0 fully saturated rings. The van der Waals surface area contributed by atoms with Crippen LogP contribution in [0.5, 0.6) is 0 Å². The summed E-state index contributed by atoms with van der Waals surface area (Å²) in [5.41, 5.74) is 3.15. The molecular weight excluding hydrogens is 421 g/mol. The summed E-state index contributed by atoms with van der Waals surface area (Å²) in [5.74, 6) is -1.11. The van der Waals surface area contributed by atoms with Gasteiger partial charge in [-0.2, -0.15) is 0 Å². The summed E-state index contributed by atoms with van der Waals surface area (Å²) in [5, 5.41) is 7.99. The lowest BCUT2D eigenvalue weighted by molar-refractivity contribution is -0.126. The Morgan fingerprint density at radius 3 is 2.18 bits per heavy atom.